The zero-order valence-electron chi connectivity index (χ0n) is 17.5. The van der Waals surface area contributed by atoms with Crippen LogP contribution in [0.5, 0.6) is 0 Å². The van der Waals surface area contributed by atoms with Crippen molar-refractivity contribution in [3.8, 4) is 0 Å². The van der Waals surface area contributed by atoms with Crippen molar-refractivity contribution in [1.29, 1.82) is 0 Å². The van der Waals surface area contributed by atoms with Crippen molar-refractivity contribution in [2.45, 2.75) is 82.5 Å². The molecule has 0 bridgehead atoms. The number of rotatable bonds is 11. The summed E-state index contributed by atoms with van der Waals surface area (Å²) in [6, 6.07) is 6.05. The van der Waals surface area contributed by atoms with Gasteiger partial charge in [-0.3, -0.25) is 4.79 Å². The fourth-order valence-electron chi connectivity index (χ4n) is 4.67. The summed E-state index contributed by atoms with van der Waals surface area (Å²) in [6.07, 6.45) is 4.75. The average Bonchev–Trinajstić information content (AvgIpc) is 3.00. The number of halogens is 1. The number of aromatic nitrogens is 1. The van der Waals surface area contributed by atoms with Crippen LogP contribution in [0.15, 0.2) is 18.2 Å². The number of nitrogens with zero attached hydrogens (tertiary/aromatic N) is 1. The summed E-state index contributed by atoms with van der Waals surface area (Å²) in [4.78, 5) is 22.0. The topological polar surface area (TPSA) is 120 Å². The summed E-state index contributed by atoms with van der Waals surface area (Å²) in [5, 5.41) is 40.1. The maximum absolute atomic E-state index is 11.2. The van der Waals surface area contributed by atoms with E-state index in [1.165, 1.54) is 35.0 Å². The van der Waals surface area contributed by atoms with Crippen LogP contribution < -0.4 is 0 Å². The molecule has 1 aromatic carbocycles. The molecule has 0 spiro atoms. The minimum absolute atomic E-state index is 0.315. The molecule has 1 aliphatic rings. The molecule has 2 atom stereocenters. The lowest BCUT2D eigenvalue weighted by atomic mass is 9.90. The lowest BCUT2D eigenvalue weighted by molar-refractivity contribution is -0.168. The van der Waals surface area contributed by atoms with Gasteiger partial charge >= 0.3 is 11.9 Å². The molecule has 0 aliphatic heterocycles. The molecule has 0 saturated carbocycles. The number of hydrogen-bond donors (Lipinski definition) is 4. The van der Waals surface area contributed by atoms with Crippen LogP contribution in [-0.4, -0.2) is 48.6 Å². The predicted molar refractivity (Wildman–Crippen MR) is 118 cm³/mol. The van der Waals surface area contributed by atoms with E-state index in [1.54, 1.807) is 0 Å². The van der Waals surface area contributed by atoms with Gasteiger partial charge in [-0.15, -0.1) is 0 Å². The highest BCUT2D eigenvalue weighted by Crippen LogP contribution is 2.34. The highest BCUT2D eigenvalue weighted by atomic mass is 35.5. The Hall–Kier alpha value is -2.09. The minimum Gasteiger partial charge on any atom is -0.481 e. The van der Waals surface area contributed by atoms with Crippen molar-refractivity contribution >= 4 is 34.4 Å². The second-order valence-electron chi connectivity index (χ2n) is 8.56. The first kappa shape index (κ1) is 23.6. The maximum Gasteiger partial charge on any atom is 0.336 e. The number of aliphatic hydroxyl groups excluding tert-OH is 1. The molecule has 0 saturated heterocycles. The van der Waals surface area contributed by atoms with Crippen molar-refractivity contribution in [3.63, 3.8) is 0 Å². The first-order chi connectivity index (χ1) is 14.7. The van der Waals surface area contributed by atoms with Gasteiger partial charge in [0.1, 0.15) is 0 Å². The molecule has 1 aromatic heterocycles. The van der Waals surface area contributed by atoms with E-state index in [9.17, 15) is 19.8 Å². The summed E-state index contributed by atoms with van der Waals surface area (Å²) in [6.45, 7) is 0.863. The molecule has 0 amide bonds. The van der Waals surface area contributed by atoms with Crippen molar-refractivity contribution in [3.05, 3.63) is 34.5 Å². The lowest BCUT2D eigenvalue weighted by Gasteiger charge is -2.24. The molecule has 0 fully saturated rings. The lowest BCUT2D eigenvalue weighted by Crippen LogP contribution is -2.43. The van der Waals surface area contributed by atoms with E-state index in [4.69, 9.17) is 21.8 Å². The molecule has 1 heterocycles. The number of hydrogen-bond acceptors (Lipinski definition) is 4. The fraction of sp³-hybridized carbons (Fsp3) is 0.565. The van der Waals surface area contributed by atoms with Gasteiger partial charge in [0.15, 0.2) is 5.60 Å². The van der Waals surface area contributed by atoms with E-state index in [1.807, 2.05) is 6.07 Å². The van der Waals surface area contributed by atoms with E-state index < -0.39 is 36.5 Å². The third-order valence-corrected chi connectivity index (χ3v) is 6.41. The first-order valence-electron chi connectivity index (χ1n) is 10.9. The van der Waals surface area contributed by atoms with Crippen LogP contribution in [0.1, 0.15) is 62.6 Å². The molecular weight excluding hydrogens is 422 g/mol. The zero-order chi connectivity index (χ0) is 22.6. The molecule has 31 heavy (non-hydrogen) atoms. The average molecular weight is 452 g/mol. The van der Waals surface area contributed by atoms with Gasteiger partial charge in [0.05, 0.1) is 12.5 Å². The number of benzene rings is 1. The molecule has 0 unspecified atom stereocenters. The smallest absolute Gasteiger partial charge is 0.336 e. The summed E-state index contributed by atoms with van der Waals surface area (Å²) >= 11 is 6.22. The third kappa shape index (κ3) is 5.59. The number of carbonyl (C=O) groups is 2. The molecule has 0 radical (unpaired) electrons. The van der Waals surface area contributed by atoms with E-state index >= 15 is 0 Å². The molecule has 2 aromatic rings. The Bertz CT molecular complexity index is 955. The van der Waals surface area contributed by atoms with Gasteiger partial charge in [-0.05, 0) is 62.3 Å². The minimum atomic E-state index is -2.45. The highest BCUT2D eigenvalue weighted by molar-refractivity contribution is 6.31. The van der Waals surface area contributed by atoms with Crippen LogP contribution in [0.25, 0.3) is 10.9 Å². The van der Waals surface area contributed by atoms with Crippen molar-refractivity contribution in [2.75, 3.05) is 0 Å². The van der Waals surface area contributed by atoms with Crippen molar-refractivity contribution in [2.24, 2.45) is 0 Å². The van der Waals surface area contributed by atoms with Crippen molar-refractivity contribution in [1.82, 2.24) is 4.57 Å². The summed E-state index contributed by atoms with van der Waals surface area (Å²) in [5.41, 5.74) is 1.56. The monoisotopic (exact) mass is 451 g/mol. The summed E-state index contributed by atoms with van der Waals surface area (Å²) in [5.74, 6) is -3.04. The molecule has 4 N–H and O–H groups in total. The second-order valence-corrected chi connectivity index (χ2v) is 9.00. The largest absolute Gasteiger partial charge is 0.481 e. The van der Waals surface area contributed by atoms with E-state index in [-0.39, 0.29) is 0 Å². The number of aliphatic carboxylic acids is 2. The van der Waals surface area contributed by atoms with Crippen LogP contribution in [0.4, 0.5) is 0 Å². The predicted octanol–water partition coefficient (Wildman–Crippen LogP) is 3.78. The Morgan fingerprint density at radius 2 is 1.87 bits per heavy atom. The van der Waals surface area contributed by atoms with Crippen LogP contribution in [0, 0.1) is 0 Å². The number of aliphatic hydroxyl groups is 2. The summed E-state index contributed by atoms with van der Waals surface area (Å²) < 4.78 is 2.38. The molecular formula is C23H30ClNO6. The molecule has 1 aliphatic carbocycles. The van der Waals surface area contributed by atoms with Gasteiger partial charge in [-0.2, -0.15) is 0 Å². The number of unbranched alkanes of at least 4 members (excludes halogenated alkanes) is 2. The maximum atomic E-state index is 11.2. The van der Waals surface area contributed by atoms with Crippen LogP contribution in [0.2, 0.25) is 5.02 Å². The zero-order valence-corrected chi connectivity index (χ0v) is 18.3. The number of carboxylic acid groups (broad SMARTS) is 2. The number of fused-ring (bicyclic) bond motifs is 3. The fourth-order valence-corrected chi connectivity index (χ4v) is 4.84. The molecule has 7 nitrogen and oxygen atoms in total. The Morgan fingerprint density at radius 1 is 1.13 bits per heavy atom. The summed E-state index contributed by atoms with van der Waals surface area (Å²) in [7, 11) is 0. The van der Waals surface area contributed by atoms with Gasteiger partial charge in [-0.25, -0.2) is 4.79 Å². The Labute approximate surface area is 186 Å². The van der Waals surface area contributed by atoms with E-state index in [0.717, 1.165) is 37.3 Å². The molecule has 170 valence electrons. The van der Waals surface area contributed by atoms with Crippen LogP contribution >= 0.6 is 11.6 Å². The highest BCUT2D eigenvalue weighted by Gasteiger charge is 2.40. The van der Waals surface area contributed by atoms with Gasteiger partial charge in [0, 0.05) is 34.6 Å². The standard InChI is InChI=1S/C23H30ClNO6/c24-15-9-10-20-18(12-15)17-7-3-4-8-19(17)25(20)11-5-1-2-6-16(26)13-23(31,22(29)30)14-21(27)28/h9-10,12,16,26,31H,1-8,11,13-14H2,(H,27,28)(H,29,30)/t16-,23+/m1/s1. The van der Waals surface area contributed by atoms with Gasteiger partial charge in [0.2, 0.25) is 0 Å². The third-order valence-electron chi connectivity index (χ3n) is 6.17. The van der Waals surface area contributed by atoms with Gasteiger partial charge in [-0.1, -0.05) is 24.4 Å². The quantitative estimate of drug-likeness (QED) is 0.386. The Morgan fingerprint density at radius 3 is 2.58 bits per heavy atom. The van der Waals surface area contributed by atoms with Crippen molar-refractivity contribution < 1.29 is 30.0 Å². The Balaban J connectivity index is 1.54. The molecule has 8 heteroatoms. The number of aryl methyl sites for hydroxylation is 2. The normalized spacial score (nSPS) is 16.6. The van der Waals surface area contributed by atoms with Crippen LogP contribution in [-0.2, 0) is 29.0 Å². The number of carboxylic acids is 2. The SMILES string of the molecule is O=C(O)C[C@@](O)(C[C@H](O)CCCCCn1c2c(c3cc(Cl)ccc31)CCCC2)C(=O)O. The van der Waals surface area contributed by atoms with E-state index in [2.05, 4.69) is 16.7 Å². The molecule has 3 rings (SSSR count). The van der Waals surface area contributed by atoms with Gasteiger partial charge in [0.25, 0.3) is 0 Å². The Kier molecular flexibility index (Phi) is 7.62. The van der Waals surface area contributed by atoms with E-state index in [0.29, 0.717) is 12.8 Å². The van der Waals surface area contributed by atoms with Crippen LogP contribution in [0.3, 0.4) is 0 Å². The first-order valence-corrected chi connectivity index (χ1v) is 11.2. The van der Waals surface area contributed by atoms with Gasteiger partial charge < -0.3 is 25.0 Å². The second kappa shape index (κ2) is 10.0.